The zero-order chi connectivity index (χ0) is 24.2. The van der Waals surface area contributed by atoms with Crippen molar-refractivity contribution in [2.24, 2.45) is 5.92 Å². The number of aliphatic carboxylic acids is 1. The van der Waals surface area contributed by atoms with E-state index in [9.17, 15) is 19.5 Å². The van der Waals surface area contributed by atoms with Gasteiger partial charge in [-0.15, -0.1) is 5.10 Å². The minimum absolute atomic E-state index is 0.0287. The summed E-state index contributed by atoms with van der Waals surface area (Å²) in [7, 11) is 0. The van der Waals surface area contributed by atoms with Gasteiger partial charge in [-0.05, 0) is 47.4 Å². The maximum atomic E-state index is 13.0. The number of likely N-dealkylation sites (tertiary alicyclic amines) is 1. The summed E-state index contributed by atoms with van der Waals surface area (Å²) < 4.78 is 5.48. The zero-order valence-corrected chi connectivity index (χ0v) is 18.7. The van der Waals surface area contributed by atoms with Crippen LogP contribution in [0.3, 0.4) is 0 Å². The van der Waals surface area contributed by atoms with E-state index in [1.54, 1.807) is 0 Å². The monoisotopic (exact) mass is 473 g/mol. The summed E-state index contributed by atoms with van der Waals surface area (Å²) in [5.74, 6) is -1.88. The molecule has 1 aliphatic heterocycles. The topological polar surface area (TPSA) is 138 Å². The van der Waals surface area contributed by atoms with E-state index in [0.29, 0.717) is 13.0 Å². The summed E-state index contributed by atoms with van der Waals surface area (Å²) in [5, 5.41) is 18.5. The fourth-order valence-electron chi connectivity index (χ4n) is 5.61. The minimum Gasteiger partial charge on any atom is -0.479 e. The van der Waals surface area contributed by atoms with Crippen molar-refractivity contribution in [2.45, 2.75) is 30.7 Å². The van der Waals surface area contributed by atoms with Crippen molar-refractivity contribution in [2.75, 3.05) is 18.5 Å². The Morgan fingerprint density at radius 1 is 1.11 bits per heavy atom. The number of carboxylic acids is 1. The van der Waals surface area contributed by atoms with Gasteiger partial charge >= 0.3 is 12.1 Å². The number of rotatable bonds is 5. The molecule has 3 aromatic rings. The molecule has 2 aliphatic carbocycles. The van der Waals surface area contributed by atoms with E-state index in [2.05, 4.69) is 32.6 Å². The molecular weight excluding hydrogens is 450 g/mol. The van der Waals surface area contributed by atoms with Crippen LogP contribution in [0.2, 0.25) is 0 Å². The van der Waals surface area contributed by atoms with Crippen LogP contribution in [0.15, 0.2) is 48.5 Å². The average Bonchev–Trinajstić information content (AvgIpc) is 3.33. The van der Waals surface area contributed by atoms with Crippen molar-refractivity contribution in [1.82, 2.24) is 20.1 Å². The number of aromatic amines is 1. The lowest BCUT2D eigenvalue weighted by Gasteiger charge is -2.32. The zero-order valence-electron chi connectivity index (χ0n) is 18.7. The predicted molar refractivity (Wildman–Crippen MR) is 124 cm³/mol. The molecule has 3 N–H and O–H groups in total. The van der Waals surface area contributed by atoms with E-state index < -0.39 is 23.5 Å². The number of H-pyrrole nitrogens is 1. The van der Waals surface area contributed by atoms with Crippen molar-refractivity contribution in [3.8, 4) is 11.1 Å². The lowest BCUT2D eigenvalue weighted by molar-refractivity contribution is -0.145. The molecule has 35 heavy (non-hydrogen) atoms. The van der Waals surface area contributed by atoms with Gasteiger partial charge in [-0.1, -0.05) is 48.5 Å². The molecule has 0 radical (unpaired) electrons. The number of carbonyl (C=O) groups is 3. The van der Waals surface area contributed by atoms with Crippen LogP contribution in [-0.2, 0) is 9.53 Å². The maximum Gasteiger partial charge on any atom is 0.414 e. The lowest BCUT2D eigenvalue weighted by atomic mass is 9.98. The normalized spacial score (nSPS) is 22.1. The summed E-state index contributed by atoms with van der Waals surface area (Å²) >= 11 is 0. The Bertz CT molecular complexity index is 1310. The van der Waals surface area contributed by atoms with Gasteiger partial charge < -0.3 is 14.7 Å². The molecule has 2 amide bonds. The highest BCUT2D eigenvalue weighted by Crippen LogP contribution is 2.54. The quantitative estimate of drug-likeness (QED) is 0.517. The molecule has 10 heteroatoms. The Balaban J connectivity index is 1.11. The number of aromatic nitrogens is 3. The Morgan fingerprint density at radius 2 is 1.80 bits per heavy atom. The summed E-state index contributed by atoms with van der Waals surface area (Å²) in [4.78, 5) is 42.7. The third kappa shape index (κ3) is 3.36. The van der Waals surface area contributed by atoms with Crippen molar-refractivity contribution in [1.29, 1.82) is 0 Å². The van der Waals surface area contributed by atoms with Gasteiger partial charge in [-0.2, -0.15) is 4.98 Å². The Labute approximate surface area is 200 Å². The SMILES string of the molecule is O=C(Nc1n[nH]c(C(=O)N2CCC[C@@H]3C[C@@]32C(=O)O)n1)OCC1c2ccccc2-c2ccccc21. The van der Waals surface area contributed by atoms with Gasteiger partial charge in [0.15, 0.2) is 0 Å². The first-order valence-corrected chi connectivity index (χ1v) is 11.6. The van der Waals surface area contributed by atoms with E-state index in [1.165, 1.54) is 4.90 Å². The van der Waals surface area contributed by atoms with Crippen LogP contribution >= 0.6 is 0 Å². The highest BCUT2D eigenvalue weighted by Gasteiger charge is 2.67. The third-order valence-electron chi connectivity index (χ3n) is 7.35. The third-order valence-corrected chi connectivity index (χ3v) is 7.35. The molecule has 1 saturated heterocycles. The molecule has 1 saturated carbocycles. The molecule has 178 valence electrons. The predicted octanol–water partition coefficient (Wildman–Crippen LogP) is 3.25. The molecule has 3 aliphatic rings. The first-order chi connectivity index (χ1) is 17.0. The lowest BCUT2D eigenvalue weighted by Crippen LogP contribution is -2.51. The molecule has 0 bridgehead atoms. The molecule has 10 nitrogen and oxygen atoms in total. The first kappa shape index (κ1) is 21.3. The first-order valence-electron chi connectivity index (χ1n) is 11.6. The van der Waals surface area contributed by atoms with E-state index in [4.69, 9.17) is 4.74 Å². The van der Waals surface area contributed by atoms with E-state index >= 15 is 0 Å². The van der Waals surface area contributed by atoms with E-state index in [-0.39, 0.29) is 30.2 Å². The molecular formula is C25H23N5O5. The van der Waals surface area contributed by atoms with Crippen LogP contribution in [0.5, 0.6) is 0 Å². The summed E-state index contributed by atoms with van der Waals surface area (Å²) in [6.45, 7) is 0.476. The summed E-state index contributed by atoms with van der Waals surface area (Å²) in [6, 6.07) is 16.1. The van der Waals surface area contributed by atoms with Gasteiger partial charge in [0.05, 0.1) is 0 Å². The van der Waals surface area contributed by atoms with Crippen LogP contribution in [0.25, 0.3) is 11.1 Å². The van der Waals surface area contributed by atoms with Crippen LogP contribution in [-0.4, -0.2) is 61.8 Å². The van der Waals surface area contributed by atoms with Crippen molar-refractivity contribution in [3.63, 3.8) is 0 Å². The van der Waals surface area contributed by atoms with Gasteiger partial charge in [0, 0.05) is 12.5 Å². The molecule has 0 unspecified atom stereocenters. The molecule has 2 fully saturated rings. The number of nitrogens with zero attached hydrogens (tertiary/aromatic N) is 3. The van der Waals surface area contributed by atoms with Crippen molar-refractivity contribution < 1.29 is 24.2 Å². The van der Waals surface area contributed by atoms with E-state index in [0.717, 1.165) is 35.1 Å². The number of hydrogen-bond acceptors (Lipinski definition) is 6. The second-order valence-corrected chi connectivity index (χ2v) is 9.19. The number of nitrogens with one attached hydrogen (secondary N) is 2. The van der Waals surface area contributed by atoms with Crippen LogP contribution in [0.4, 0.5) is 10.7 Å². The van der Waals surface area contributed by atoms with Crippen LogP contribution in [0.1, 0.15) is 46.9 Å². The Morgan fingerprint density at radius 3 is 2.49 bits per heavy atom. The second-order valence-electron chi connectivity index (χ2n) is 9.19. The van der Waals surface area contributed by atoms with Gasteiger partial charge in [0.2, 0.25) is 5.82 Å². The fourth-order valence-corrected chi connectivity index (χ4v) is 5.61. The summed E-state index contributed by atoms with van der Waals surface area (Å²) in [5.41, 5.74) is 3.30. The number of piperidine rings is 1. The Kier molecular flexibility index (Phi) is 4.84. The number of ether oxygens (including phenoxy) is 1. The molecule has 1 aromatic heterocycles. The fraction of sp³-hybridized carbons (Fsp3) is 0.320. The standard InChI is InChI=1S/C25H23N5O5/c31-21(30-11-5-6-14-12-25(14,30)22(32)33)20-26-23(29-28-20)27-24(34)35-13-19-17-9-3-1-7-15(17)16-8-2-4-10-18(16)19/h1-4,7-10,14,19H,5-6,11-13H2,(H,32,33)(H2,26,27,28,29,34)/t14-,25+/m1/s1. The molecule has 2 atom stereocenters. The number of carboxylic acid groups (broad SMARTS) is 1. The summed E-state index contributed by atoms with van der Waals surface area (Å²) in [6.07, 6.45) is 1.24. The van der Waals surface area contributed by atoms with Crippen LogP contribution in [0, 0.1) is 5.92 Å². The number of carbonyl (C=O) groups excluding carboxylic acids is 2. The maximum absolute atomic E-state index is 13.0. The Hall–Kier alpha value is -4.21. The number of amides is 2. The van der Waals surface area contributed by atoms with Crippen molar-refractivity contribution >= 4 is 23.9 Å². The van der Waals surface area contributed by atoms with Gasteiger partial charge in [-0.3, -0.25) is 15.2 Å². The number of anilines is 1. The second kappa shape index (κ2) is 7.93. The molecule has 2 heterocycles. The minimum atomic E-state index is -1.15. The highest BCUT2D eigenvalue weighted by molar-refractivity contribution is 5.97. The smallest absolute Gasteiger partial charge is 0.414 e. The highest BCUT2D eigenvalue weighted by atomic mass is 16.5. The van der Waals surface area contributed by atoms with Gasteiger partial charge in [0.1, 0.15) is 12.1 Å². The van der Waals surface area contributed by atoms with Gasteiger partial charge in [0.25, 0.3) is 11.9 Å². The van der Waals surface area contributed by atoms with E-state index in [1.807, 2.05) is 36.4 Å². The van der Waals surface area contributed by atoms with Crippen molar-refractivity contribution in [3.05, 3.63) is 65.5 Å². The average molecular weight is 473 g/mol. The van der Waals surface area contributed by atoms with Crippen LogP contribution < -0.4 is 5.32 Å². The molecule has 0 spiro atoms. The largest absolute Gasteiger partial charge is 0.479 e. The number of fused-ring (bicyclic) bond motifs is 4. The molecule has 2 aromatic carbocycles. The van der Waals surface area contributed by atoms with Gasteiger partial charge in [-0.25, -0.2) is 9.59 Å². The number of benzene rings is 2. The molecule has 6 rings (SSSR count). The number of hydrogen-bond donors (Lipinski definition) is 3.